The highest BCUT2D eigenvalue weighted by molar-refractivity contribution is 5.12. The van der Waals surface area contributed by atoms with Gasteiger partial charge in [-0.1, -0.05) is 19.1 Å². The zero-order chi connectivity index (χ0) is 9.26. The maximum atomic E-state index is 8.87. The van der Waals surface area contributed by atoms with Gasteiger partial charge in [0.15, 0.2) is 0 Å². The van der Waals surface area contributed by atoms with Crippen molar-refractivity contribution < 1.29 is 5.11 Å². The lowest BCUT2D eigenvalue weighted by Crippen LogP contribution is -2.49. The van der Waals surface area contributed by atoms with Crippen molar-refractivity contribution in [2.45, 2.75) is 25.8 Å². The molecule has 0 aromatic carbocycles. The van der Waals surface area contributed by atoms with E-state index in [0.717, 1.165) is 18.4 Å². The van der Waals surface area contributed by atoms with Crippen LogP contribution in [0.15, 0.2) is 12.2 Å². The van der Waals surface area contributed by atoms with Crippen LogP contribution in [0.4, 0.5) is 0 Å². The molecule has 2 aliphatic rings. The predicted molar refractivity (Wildman–Crippen MR) is 53.4 cm³/mol. The Morgan fingerprint density at radius 3 is 3.15 bits per heavy atom. The molecule has 2 heteroatoms. The first-order valence-corrected chi connectivity index (χ1v) is 5.32. The molecule has 2 nitrogen and oxygen atoms in total. The highest BCUT2D eigenvalue weighted by Gasteiger charge is 2.40. The van der Waals surface area contributed by atoms with Crippen LogP contribution < -0.4 is 5.32 Å². The smallest absolute Gasteiger partial charge is 0.0468 e. The summed E-state index contributed by atoms with van der Waals surface area (Å²) in [5, 5.41) is 12.4. The van der Waals surface area contributed by atoms with E-state index in [1.165, 1.54) is 12.8 Å². The first-order valence-electron chi connectivity index (χ1n) is 5.32. The number of allylic oxidation sites excluding steroid dienone is 1. The van der Waals surface area contributed by atoms with Gasteiger partial charge >= 0.3 is 0 Å². The monoisotopic (exact) mass is 181 g/mol. The highest BCUT2D eigenvalue weighted by Crippen LogP contribution is 2.42. The van der Waals surface area contributed by atoms with Crippen molar-refractivity contribution in [3.63, 3.8) is 0 Å². The number of hydrogen-bond donors (Lipinski definition) is 2. The molecule has 4 unspecified atom stereocenters. The first kappa shape index (κ1) is 9.22. The quantitative estimate of drug-likeness (QED) is 0.638. The second-order valence-corrected chi connectivity index (χ2v) is 4.54. The molecule has 4 atom stereocenters. The van der Waals surface area contributed by atoms with E-state index in [2.05, 4.69) is 24.4 Å². The van der Waals surface area contributed by atoms with Crippen molar-refractivity contribution in [3.05, 3.63) is 12.2 Å². The minimum atomic E-state index is 0.295. The van der Waals surface area contributed by atoms with Gasteiger partial charge in [-0.2, -0.15) is 0 Å². The Balaban J connectivity index is 1.69. The van der Waals surface area contributed by atoms with Crippen LogP contribution in [0.2, 0.25) is 0 Å². The third kappa shape index (κ3) is 1.79. The van der Waals surface area contributed by atoms with Gasteiger partial charge in [-0.3, -0.25) is 0 Å². The summed E-state index contributed by atoms with van der Waals surface area (Å²) in [4.78, 5) is 0. The third-order valence-corrected chi connectivity index (χ3v) is 3.40. The predicted octanol–water partition coefficient (Wildman–Crippen LogP) is 1.17. The van der Waals surface area contributed by atoms with Crippen LogP contribution in [0, 0.1) is 17.8 Å². The minimum absolute atomic E-state index is 0.295. The average molecular weight is 181 g/mol. The molecule has 2 rings (SSSR count). The van der Waals surface area contributed by atoms with Gasteiger partial charge in [0.2, 0.25) is 0 Å². The van der Waals surface area contributed by atoms with E-state index in [9.17, 15) is 0 Å². The summed E-state index contributed by atoms with van der Waals surface area (Å²) in [6.45, 7) is 3.33. The van der Waals surface area contributed by atoms with Crippen LogP contribution in [0.1, 0.15) is 19.8 Å². The molecule has 1 saturated carbocycles. The summed E-state index contributed by atoms with van der Waals surface area (Å²) in [7, 11) is 0. The fourth-order valence-corrected chi connectivity index (χ4v) is 2.36. The van der Waals surface area contributed by atoms with E-state index < -0.39 is 0 Å². The van der Waals surface area contributed by atoms with Crippen molar-refractivity contribution in [2.75, 3.05) is 13.2 Å². The van der Waals surface area contributed by atoms with Gasteiger partial charge < -0.3 is 10.4 Å². The zero-order valence-corrected chi connectivity index (χ0v) is 8.24. The molecule has 74 valence electrons. The van der Waals surface area contributed by atoms with Crippen molar-refractivity contribution >= 4 is 0 Å². The van der Waals surface area contributed by atoms with Crippen LogP contribution in [-0.4, -0.2) is 24.3 Å². The normalized spacial score (nSPS) is 38.5. The Kier molecular flexibility index (Phi) is 2.70. The Morgan fingerprint density at radius 2 is 2.46 bits per heavy atom. The fraction of sp³-hybridized carbons (Fsp3) is 0.818. The van der Waals surface area contributed by atoms with E-state index in [4.69, 9.17) is 5.11 Å². The molecule has 2 aliphatic carbocycles. The maximum absolute atomic E-state index is 8.87. The number of hydrogen-bond acceptors (Lipinski definition) is 2. The Labute approximate surface area is 80.0 Å². The summed E-state index contributed by atoms with van der Waals surface area (Å²) < 4.78 is 0. The van der Waals surface area contributed by atoms with Gasteiger partial charge in [-0.05, 0) is 30.6 Å². The second-order valence-electron chi connectivity index (χ2n) is 4.54. The molecule has 0 saturated heterocycles. The van der Waals surface area contributed by atoms with Crippen LogP contribution >= 0.6 is 0 Å². The lowest BCUT2D eigenvalue weighted by Gasteiger charge is -2.41. The first-order chi connectivity index (χ1) is 6.31. The van der Waals surface area contributed by atoms with Gasteiger partial charge in [0.05, 0.1) is 0 Å². The van der Waals surface area contributed by atoms with Gasteiger partial charge in [-0.25, -0.2) is 0 Å². The topological polar surface area (TPSA) is 32.3 Å². The summed E-state index contributed by atoms with van der Waals surface area (Å²) in [6, 6.07) is 0.692. The molecule has 0 bridgehead atoms. The molecule has 1 fully saturated rings. The molecule has 0 radical (unpaired) electrons. The van der Waals surface area contributed by atoms with Crippen LogP contribution in [0.5, 0.6) is 0 Å². The Bertz CT molecular complexity index is 202. The third-order valence-electron chi connectivity index (χ3n) is 3.40. The fourth-order valence-electron chi connectivity index (χ4n) is 2.36. The zero-order valence-electron chi connectivity index (χ0n) is 8.24. The summed E-state index contributed by atoms with van der Waals surface area (Å²) in [5.74, 6) is 2.12. The van der Waals surface area contributed by atoms with Gasteiger partial charge in [0, 0.05) is 19.2 Å². The van der Waals surface area contributed by atoms with E-state index >= 15 is 0 Å². The summed E-state index contributed by atoms with van der Waals surface area (Å²) >= 11 is 0. The molecule has 0 aliphatic heterocycles. The molecule has 0 aromatic heterocycles. The van der Waals surface area contributed by atoms with Gasteiger partial charge in [0.25, 0.3) is 0 Å². The Morgan fingerprint density at radius 1 is 1.62 bits per heavy atom. The number of rotatable bonds is 4. The van der Waals surface area contributed by atoms with E-state index in [0.29, 0.717) is 18.6 Å². The standard InChI is InChI=1S/C11H19NO/c1-8(7-13)6-12-11-5-9-3-2-4-10(9)11/h2,4,8-13H,3,5-7H2,1H3. The molecule has 0 aromatic rings. The van der Waals surface area contributed by atoms with Crippen molar-refractivity contribution in [1.82, 2.24) is 5.32 Å². The molecular formula is C11H19NO. The second kappa shape index (κ2) is 3.81. The Hall–Kier alpha value is -0.340. The van der Waals surface area contributed by atoms with Gasteiger partial charge in [0.1, 0.15) is 0 Å². The number of nitrogens with one attached hydrogen (secondary N) is 1. The van der Waals surface area contributed by atoms with E-state index in [1.54, 1.807) is 0 Å². The van der Waals surface area contributed by atoms with Crippen LogP contribution in [0.25, 0.3) is 0 Å². The summed E-state index contributed by atoms with van der Waals surface area (Å²) in [5.41, 5.74) is 0. The van der Waals surface area contributed by atoms with E-state index in [-0.39, 0.29) is 0 Å². The maximum Gasteiger partial charge on any atom is 0.0468 e. The van der Waals surface area contributed by atoms with E-state index in [1.807, 2.05) is 0 Å². The lowest BCUT2D eigenvalue weighted by molar-refractivity contribution is 0.149. The number of aliphatic hydroxyl groups excluding tert-OH is 1. The number of fused-ring (bicyclic) bond motifs is 1. The molecule has 0 amide bonds. The summed E-state index contributed by atoms with van der Waals surface area (Å²) in [6.07, 6.45) is 7.29. The molecular weight excluding hydrogens is 162 g/mol. The van der Waals surface area contributed by atoms with Crippen molar-refractivity contribution in [2.24, 2.45) is 17.8 Å². The van der Waals surface area contributed by atoms with Crippen molar-refractivity contribution in [1.29, 1.82) is 0 Å². The average Bonchev–Trinajstić information content (AvgIpc) is 2.47. The molecule has 0 spiro atoms. The molecule has 13 heavy (non-hydrogen) atoms. The molecule has 2 N–H and O–H groups in total. The van der Waals surface area contributed by atoms with Gasteiger partial charge in [-0.15, -0.1) is 0 Å². The highest BCUT2D eigenvalue weighted by atomic mass is 16.3. The number of aliphatic hydroxyl groups is 1. The SMILES string of the molecule is CC(CO)CNC1CC2CC=CC21. The van der Waals surface area contributed by atoms with Crippen LogP contribution in [0.3, 0.4) is 0 Å². The minimum Gasteiger partial charge on any atom is -0.396 e. The van der Waals surface area contributed by atoms with Crippen molar-refractivity contribution in [3.8, 4) is 0 Å². The largest absolute Gasteiger partial charge is 0.396 e. The lowest BCUT2D eigenvalue weighted by atomic mass is 9.71. The van der Waals surface area contributed by atoms with Crippen LogP contribution in [-0.2, 0) is 0 Å². The molecule has 0 heterocycles.